The van der Waals surface area contributed by atoms with E-state index < -0.39 is 0 Å². The van der Waals surface area contributed by atoms with Gasteiger partial charge in [-0.25, -0.2) is 4.68 Å². The van der Waals surface area contributed by atoms with Crippen LogP contribution in [0.2, 0.25) is 0 Å². The van der Waals surface area contributed by atoms with Gasteiger partial charge >= 0.3 is 0 Å². The smallest absolute Gasteiger partial charge is 0.261 e. The van der Waals surface area contributed by atoms with Crippen molar-refractivity contribution in [1.29, 1.82) is 0 Å². The second-order valence-corrected chi connectivity index (χ2v) is 3.88. The first-order valence-electron chi connectivity index (χ1n) is 5.96. The van der Waals surface area contributed by atoms with E-state index in [1.807, 2.05) is 6.92 Å². The highest BCUT2D eigenvalue weighted by atomic mass is 16.5. The fourth-order valence-electron chi connectivity index (χ4n) is 1.66. The molecule has 0 radical (unpaired) electrons. The van der Waals surface area contributed by atoms with Gasteiger partial charge in [0.25, 0.3) is 5.91 Å². The van der Waals surface area contributed by atoms with Gasteiger partial charge in [-0.2, -0.15) is 0 Å². The Bertz CT molecular complexity index is 567. The summed E-state index contributed by atoms with van der Waals surface area (Å²) in [7, 11) is 1.52. The van der Waals surface area contributed by atoms with Gasteiger partial charge in [-0.1, -0.05) is 24.2 Å². The first-order chi connectivity index (χ1) is 9.26. The van der Waals surface area contributed by atoms with Gasteiger partial charge in [-0.05, 0) is 29.0 Å². The molecule has 1 aromatic carbocycles. The number of amides is 1. The Kier molecular flexibility index (Phi) is 4.07. The van der Waals surface area contributed by atoms with E-state index >= 15 is 0 Å². The molecule has 0 saturated carbocycles. The number of anilines is 1. The molecule has 1 aromatic heterocycles. The molecule has 7 nitrogen and oxygen atoms in total. The number of ether oxygens (including phenoxy) is 1. The maximum absolute atomic E-state index is 12.1. The first kappa shape index (κ1) is 13.0. The molecule has 100 valence electrons. The summed E-state index contributed by atoms with van der Waals surface area (Å²) in [6, 6.07) is 6.98. The summed E-state index contributed by atoms with van der Waals surface area (Å²) in [6.45, 7) is 2.65. The molecule has 0 saturated heterocycles. The second kappa shape index (κ2) is 5.94. The molecule has 1 heterocycles. The molecule has 1 N–H and O–H groups in total. The number of nitrogens with zero attached hydrogens (tertiary/aromatic N) is 4. The van der Waals surface area contributed by atoms with E-state index in [1.54, 1.807) is 28.9 Å². The number of carbonyl (C=O) groups is 1. The summed E-state index contributed by atoms with van der Waals surface area (Å²) in [5.41, 5.74) is 0.441. The standard InChI is InChI=1S/C12H15N5O2/c1-3-8-17-12(14-15-16-17)13-11(18)9-6-4-5-7-10(9)19-2/h4-7H,3,8H2,1-2H3,(H,13,14,16,18). The number of rotatable bonds is 5. The molecular formula is C12H15N5O2. The quantitative estimate of drug-likeness (QED) is 0.878. The van der Waals surface area contributed by atoms with Gasteiger partial charge in [0.1, 0.15) is 5.75 Å². The van der Waals surface area contributed by atoms with Crippen molar-refractivity contribution < 1.29 is 9.53 Å². The molecule has 2 rings (SSSR count). The molecule has 0 aliphatic heterocycles. The summed E-state index contributed by atoms with van der Waals surface area (Å²) < 4.78 is 6.69. The number of hydrogen-bond acceptors (Lipinski definition) is 5. The van der Waals surface area contributed by atoms with Crippen LogP contribution < -0.4 is 10.1 Å². The van der Waals surface area contributed by atoms with Crippen molar-refractivity contribution >= 4 is 11.9 Å². The van der Waals surface area contributed by atoms with Crippen molar-refractivity contribution in [2.45, 2.75) is 19.9 Å². The number of benzene rings is 1. The normalized spacial score (nSPS) is 10.2. The van der Waals surface area contributed by atoms with Crippen molar-refractivity contribution in [2.24, 2.45) is 0 Å². The predicted molar refractivity (Wildman–Crippen MR) is 69.1 cm³/mol. The molecule has 0 atom stereocenters. The molecule has 0 spiro atoms. The monoisotopic (exact) mass is 261 g/mol. The number of aromatic nitrogens is 4. The lowest BCUT2D eigenvalue weighted by molar-refractivity contribution is 0.102. The van der Waals surface area contributed by atoms with Gasteiger partial charge in [-0.15, -0.1) is 0 Å². The maximum atomic E-state index is 12.1. The lowest BCUT2D eigenvalue weighted by atomic mass is 10.2. The van der Waals surface area contributed by atoms with E-state index in [9.17, 15) is 4.79 Å². The molecule has 0 aliphatic carbocycles. The molecule has 0 fully saturated rings. The van der Waals surface area contributed by atoms with E-state index in [0.717, 1.165) is 6.42 Å². The number of hydrogen-bond donors (Lipinski definition) is 1. The number of para-hydroxylation sites is 1. The zero-order valence-corrected chi connectivity index (χ0v) is 10.8. The van der Waals surface area contributed by atoms with Gasteiger partial charge in [0.05, 0.1) is 12.7 Å². The molecule has 19 heavy (non-hydrogen) atoms. The van der Waals surface area contributed by atoms with Crippen LogP contribution in [0.25, 0.3) is 0 Å². The van der Waals surface area contributed by atoms with E-state index in [1.165, 1.54) is 7.11 Å². The van der Waals surface area contributed by atoms with Crippen LogP contribution in [-0.4, -0.2) is 33.2 Å². The van der Waals surface area contributed by atoms with Crippen LogP contribution in [0.4, 0.5) is 5.95 Å². The maximum Gasteiger partial charge on any atom is 0.261 e. The summed E-state index contributed by atoms with van der Waals surface area (Å²) in [5, 5.41) is 13.8. The molecule has 1 amide bonds. The van der Waals surface area contributed by atoms with Crippen molar-refractivity contribution in [1.82, 2.24) is 20.2 Å². The summed E-state index contributed by atoms with van der Waals surface area (Å²) in [6.07, 6.45) is 0.878. The lowest BCUT2D eigenvalue weighted by Gasteiger charge is -2.08. The zero-order chi connectivity index (χ0) is 13.7. The van der Waals surface area contributed by atoms with Gasteiger partial charge < -0.3 is 4.74 Å². The van der Waals surface area contributed by atoms with Crippen molar-refractivity contribution in [3.05, 3.63) is 29.8 Å². The summed E-state index contributed by atoms with van der Waals surface area (Å²) in [5.74, 6) is 0.539. The number of methoxy groups -OCH3 is 1. The predicted octanol–water partition coefficient (Wildman–Crippen LogP) is 1.34. The minimum Gasteiger partial charge on any atom is -0.496 e. The van der Waals surface area contributed by atoms with Gasteiger partial charge in [0.15, 0.2) is 0 Å². The lowest BCUT2D eigenvalue weighted by Crippen LogP contribution is -2.17. The highest BCUT2D eigenvalue weighted by molar-refractivity contribution is 6.05. The Hall–Kier alpha value is -2.44. The fraction of sp³-hybridized carbons (Fsp3) is 0.333. The third-order valence-corrected chi connectivity index (χ3v) is 2.54. The Balaban J connectivity index is 2.18. The summed E-state index contributed by atoms with van der Waals surface area (Å²) >= 11 is 0. The molecular weight excluding hydrogens is 246 g/mol. The van der Waals surface area contributed by atoms with Gasteiger partial charge in [0, 0.05) is 6.54 Å². The Morgan fingerprint density at radius 3 is 2.95 bits per heavy atom. The zero-order valence-electron chi connectivity index (χ0n) is 10.8. The number of nitrogens with one attached hydrogen (secondary N) is 1. The van der Waals surface area contributed by atoms with E-state index in [4.69, 9.17) is 4.74 Å². The van der Waals surface area contributed by atoms with Crippen molar-refractivity contribution in [2.75, 3.05) is 12.4 Å². The SMILES string of the molecule is CCCn1nnnc1NC(=O)c1ccccc1OC. The van der Waals surface area contributed by atoms with E-state index in [0.29, 0.717) is 23.8 Å². The van der Waals surface area contributed by atoms with Crippen LogP contribution in [-0.2, 0) is 6.54 Å². The van der Waals surface area contributed by atoms with E-state index in [-0.39, 0.29) is 5.91 Å². The molecule has 0 aliphatic rings. The average molecular weight is 261 g/mol. The van der Waals surface area contributed by atoms with Crippen LogP contribution in [0.15, 0.2) is 24.3 Å². The second-order valence-electron chi connectivity index (χ2n) is 3.88. The first-order valence-corrected chi connectivity index (χ1v) is 5.96. The van der Waals surface area contributed by atoms with Crippen LogP contribution in [0, 0.1) is 0 Å². The summed E-state index contributed by atoms with van der Waals surface area (Å²) in [4.78, 5) is 12.1. The highest BCUT2D eigenvalue weighted by Gasteiger charge is 2.14. The largest absolute Gasteiger partial charge is 0.496 e. The number of aryl methyl sites for hydroxylation is 1. The Morgan fingerprint density at radius 2 is 2.21 bits per heavy atom. The fourth-order valence-corrected chi connectivity index (χ4v) is 1.66. The van der Waals surface area contributed by atoms with E-state index in [2.05, 4.69) is 20.8 Å². The molecule has 2 aromatic rings. The van der Waals surface area contributed by atoms with Crippen molar-refractivity contribution in [3.8, 4) is 5.75 Å². The van der Waals surface area contributed by atoms with Crippen LogP contribution in [0.1, 0.15) is 23.7 Å². The molecule has 0 bridgehead atoms. The third kappa shape index (κ3) is 2.87. The van der Waals surface area contributed by atoms with Crippen LogP contribution >= 0.6 is 0 Å². The van der Waals surface area contributed by atoms with Crippen molar-refractivity contribution in [3.63, 3.8) is 0 Å². The highest BCUT2D eigenvalue weighted by Crippen LogP contribution is 2.18. The van der Waals surface area contributed by atoms with Gasteiger partial charge in [-0.3, -0.25) is 10.1 Å². The minimum atomic E-state index is -0.301. The van der Waals surface area contributed by atoms with Crippen LogP contribution in [0.3, 0.4) is 0 Å². The number of tetrazole rings is 1. The molecule has 0 unspecified atom stereocenters. The van der Waals surface area contributed by atoms with Gasteiger partial charge in [0.2, 0.25) is 5.95 Å². The third-order valence-electron chi connectivity index (χ3n) is 2.54. The Labute approximate surface area is 110 Å². The minimum absolute atomic E-state index is 0.301. The average Bonchev–Trinajstić information content (AvgIpc) is 2.86. The van der Waals surface area contributed by atoms with Crippen LogP contribution in [0.5, 0.6) is 5.75 Å². The number of carbonyl (C=O) groups excluding carboxylic acids is 1. The topological polar surface area (TPSA) is 81.9 Å². The molecule has 7 heteroatoms. The Morgan fingerprint density at radius 1 is 1.42 bits per heavy atom.